The molecule has 2 aromatic rings. The molecule has 0 aliphatic rings. The number of nitrogens with zero attached hydrogens (tertiary/aromatic N) is 1. The van der Waals surface area contributed by atoms with E-state index in [0.717, 1.165) is 11.6 Å². The van der Waals surface area contributed by atoms with Gasteiger partial charge in [0, 0.05) is 30.5 Å². The second-order valence-corrected chi connectivity index (χ2v) is 4.60. The fraction of sp³-hybridized carbons (Fsp3) is 0.267. The van der Waals surface area contributed by atoms with Gasteiger partial charge < -0.3 is 5.32 Å². The van der Waals surface area contributed by atoms with Crippen molar-refractivity contribution in [2.24, 2.45) is 0 Å². The van der Waals surface area contributed by atoms with Gasteiger partial charge in [-0.05, 0) is 43.2 Å². The van der Waals surface area contributed by atoms with E-state index in [2.05, 4.69) is 10.3 Å². The van der Waals surface area contributed by atoms with Gasteiger partial charge in [-0.1, -0.05) is 6.07 Å². The number of benzene rings is 1. The number of pyridine rings is 1. The lowest BCUT2D eigenvalue weighted by atomic mass is 10.1. The Balaban J connectivity index is 2.10. The van der Waals surface area contributed by atoms with Crippen molar-refractivity contribution in [3.63, 3.8) is 0 Å². The predicted molar refractivity (Wildman–Crippen MR) is 70.6 cm³/mol. The fourth-order valence-corrected chi connectivity index (χ4v) is 2.02. The molecule has 0 aliphatic carbocycles. The molecule has 1 aromatic heterocycles. The Kier molecular flexibility index (Phi) is 4.22. The molecule has 0 spiro atoms. The van der Waals surface area contributed by atoms with E-state index >= 15 is 0 Å². The zero-order valence-corrected chi connectivity index (χ0v) is 10.9. The second kappa shape index (κ2) is 5.89. The first-order valence-electron chi connectivity index (χ1n) is 6.18. The lowest BCUT2D eigenvalue weighted by Gasteiger charge is -2.20. The molecule has 2 atom stereocenters. The van der Waals surface area contributed by atoms with Crippen LogP contribution in [0.25, 0.3) is 0 Å². The first kappa shape index (κ1) is 13.6. The number of hydrogen-bond donors (Lipinski definition) is 1. The van der Waals surface area contributed by atoms with E-state index in [1.54, 1.807) is 12.4 Å². The summed E-state index contributed by atoms with van der Waals surface area (Å²) in [6, 6.07) is 7.29. The van der Waals surface area contributed by atoms with Crippen LogP contribution in [0.2, 0.25) is 0 Å². The minimum Gasteiger partial charge on any atom is -0.304 e. The van der Waals surface area contributed by atoms with Crippen LogP contribution in [0.4, 0.5) is 8.78 Å². The largest absolute Gasteiger partial charge is 0.304 e. The average molecular weight is 262 g/mol. The number of halogens is 2. The molecule has 0 amide bonds. The van der Waals surface area contributed by atoms with Crippen LogP contribution in [0.3, 0.4) is 0 Å². The topological polar surface area (TPSA) is 24.9 Å². The van der Waals surface area contributed by atoms with E-state index in [-0.39, 0.29) is 12.1 Å². The van der Waals surface area contributed by atoms with Crippen molar-refractivity contribution in [2.75, 3.05) is 0 Å². The highest BCUT2D eigenvalue weighted by Crippen LogP contribution is 2.20. The summed E-state index contributed by atoms with van der Waals surface area (Å²) in [5.41, 5.74) is 1.62. The normalized spacial score (nSPS) is 14.1. The molecule has 0 saturated heterocycles. The standard InChI is InChI=1S/C15H16F2N2/c1-10(12-4-3-5-18-9-12)19-11(2)13-6-14(16)8-15(17)7-13/h3-11,19H,1-2H3/t10-,11?/m0/s1. The van der Waals surface area contributed by atoms with Gasteiger partial charge in [0.25, 0.3) is 0 Å². The molecule has 0 bridgehead atoms. The summed E-state index contributed by atoms with van der Waals surface area (Å²) in [6.07, 6.45) is 3.48. The lowest BCUT2D eigenvalue weighted by molar-refractivity contribution is 0.486. The van der Waals surface area contributed by atoms with Crippen molar-refractivity contribution >= 4 is 0 Å². The Morgan fingerprint density at radius 1 is 1.00 bits per heavy atom. The van der Waals surface area contributed by atoms with E-state index in [0.29, 0.717) is 5.56 Å². The van der Waals surface area contributed by atoms with Crippen LogP contribution in [0.15, 0.2) is 42.7 Å². The highest BCUT2D eigenvalue weighted by atomic mass is 19.1. The van der Waals surface area contributed by atoms with Crippen LogP contribution in [-0.4, -0.2) is 4.98 Å². The molecule has 0 saturated carbocycles. The predicted octanol–water partition coefficient (Wildman–Crippen LogP) is 3.77. The van der Waals surface area contributed by atoms with E-state index in [4.69, 9.17) is 0 Å². The molecular formula is C15H16F2N2. The third-order valence-electron chi connectivity index (χ3n) is 3.07. The van der Waals surface area contributed by atoms with Crippen LogP contribution < -0.4 is 5.32 Å². The third-order valence-corrected chi connectivity index (χ3v) is 3.07. The lowest BCUT2D eigenvalue weighted by Crippen LogP contribution is -2.22. The molecule has 4 heteroatoms. The molecule has 0 aliphatic heterocycles. The van der Waals surface area contributed by atoms with Gasteiger partial charge in [-0.2, -0.15) is 0 Å². The van der Waals surface area contributed by atoms with Crippen LogP contribution in [0, 0.1) is 11.6 Å². The van der Waals surface area contributed by atoms with Crippen LogP contribution >= 0.6 is 0 Å². The average Bonchev–Trinajstić information content (AvgIpc) is 2.38. The van der Waals surface area contributed by atoms with Gasteiger partial charge >= 0.3 is 0 Å². The number of nitrogens with one attached hydrogen (secondary N) is 1. The molecule has 0 radical (unpaired) electrons. The molecule has 1 unspecified atom stereocenters. The van der Waals surface area contributed by atoms with Gasteiger partial charge in [-0.3, -0.25) is 4.98 Å². The summed E-state index contributed by atoms with van der Waals surface area (Å²) in [4.78, 5) is 4.05. The van der Waals surface area contributed by atoms with Crippen molar-refractivity contribution in [3.05, 3.63) is 65.5 Å². The van der Waals surface area contributed by atoms with Crippen LogP contribution in [0.5, 0.6) is 0 Å². The molecular weight excluding hydrogens is 246 g/mol. The van der Waals surface area contributed by atoms with E-state index in [1.807, 2.05) is 26.0 Å². The fourth-order valence-electron chi connectivity index (χ4n) is 2.02. The molecule has 1 N–H and O–H groups in total. The van der Waals surface area contributed by atoms with Crippen molar-refractivity contribution < 1.29 is 8.78 Å². The SMILES string of the molecule is CC(N[C@@H](C)c1cccnc1)c1cc(F)cc(F)c1. The summed E-state index contributed by atoms with van der Waals surface area (Å²) < 4.78 is 26.3. The molecule has 2 rings (SSSR count). The van der Waals surface area contributed by atoms with Crippen molar-refractivity contribution in [1.82, 2.24) is 10.3 Å². The summed E-state index contributed by atoms with van der Waals surface area (Å²) >= 11 is 0. The van der Waals surface area contributed by atoms with Crippen molar-refractivity contribution in [2.45, 2.75) is 25.9 Å². The molecule has 19 heavy (non-hydrogen) atoms. The number of aromatic nitrogens is 1. The van der Waals surface area contributed by atoms with Crippen molar-refractivity contribution in [1.29, 1.82) is 0 Å². The van der Waals surface area contributed by atoms with Gasteiger partial charge in [0.1, 0.15) is 11.6 Å². The van der Waals surface area contributed by atoms with Gasteiger partial charge in [0.2, 0.25) is 0 Å². The van der Waals surface area contributed by atoms with E-state index < -0.39 is 11.6 Å². The summed E-state index contributed by atoms with van der Waals surface area (Å²) in [6.45, 7) is 3.87. The van der Waals surface area contributed by atoms with Gasteiger partial charge in [-0.25, -0.2) is 8.78 Å². The Morgan fingerprint density at radius 2 is 1.63 bits per heavy atom. The monoisotopic (exact) mass is 262 g/mol. The molecule has 1 heterocycles. The quantitative estimate of drug-likeness (QED) is 0.907. The number of hydrogen-bond acceptors (Lipinski definition) is 2. The smallest absolute Gasteiger partial charge is 0.126 e. The Hall–Kier alpha value is -1.81. The molecule has 100 valence electrons. The summed E-state index contributed by atoms with van der Waals surface area (Å²) in [5, 5.41) is 3.29. The minimum atomic E-state index is -0.558. The Bertz CT molecular complexity index is 523. The third kappa shape index (κ3) is 3.58. The zero-order valence-electron chi connectivity index (χ0n) is 10.9. The van der Waals surface area contributed by atoms with Crippen molar-refractivity contribution in [3.8, 4) is 0 Å². The highest BCUT2D eigenvalue weighted by molar-refractivity contribution is 5.22. The zero-order chi connectivity index (χ0) is 13.8. The van der Waals surface area contributed by atoms with Gasteiger partial charge in [0.05, 0.1) is 0 Å². The maximum Gasteiger partial charge on any atom is 0.126 e. The van der Waals surface area contributed by atoms with E-state index in [1.165, 1.54) is 12.1 Å². The molecule has 2 nitrogen and oxygen atoms in total. The first-order valence-corrected chi connectivity index (χ1v) is 6.18. The molecule has 0 fully saturated rings. The Morgan fingerprint density at radius 3 is 2.21 bits per heavy atom. The second-order valence-electron chi connectivity index (χ2n) is 4.60. The van der Waals surface area contributed by atoms with Crippen LogP contribution in [0.1, 0.15) is 37.1 Å². The highest BCUT2D eigenvalue weighted by Gasteiger charge is 2.12. The van der Waals surface area contributed by atoms with Gasteiger partial charge in [-0.15, -0.1) is 0 Å². The first-order chi connectivity index (χ1) is 9.06. The summed E-state index contributed by atoms with van der Waals surface area (Å²) in [5.74, 6) is -1.12. The maximum atomic E-state index is 13.2. The van der Waals surface area contributed by atoms with Gasteiger partial charge in [0.15, 0.2) is 0 Å². The minimum absolute atomic E-state index is 0.0510. The Labute approximate surface area is 111 Å². The van der Waals surface area contributed by atoms with Crippen LogP contribution in [-0.2, 0) is 0 Å². The number of rotatable bonds is 4. The molecule has 1 aromatic carbocycles. The summed E-state index contributed by atoms with van der Waals surface area (Å²) in [7, 11) is 0. The maximum absolute atomic E-state index is 13.2. The van der Waals surface area contributed by atoms with E-state index in [9.17, 15) is 8.78 Å².